The summed E-state index contributed by atoms with van der Waals surface area (Å²) in [7, 11) is 0. The van der Waals surface area contributed by atoms with E-state index in [4.69, 9.17) is 4.74 Å². The maximum atomic E-state index is 14.5. The molecule has 1 saturated carbocycles. The molecule has 2 aromatic rings. The number of carboxylic acid groups (broad SMARTS) is 1. The molecule has 1 aliphatic carbocycles. The van der Waals surface area contributed by atoms with E-state index in [-0.39, 0.29) is 36.1 Å². The maximum Gasteiger partial charge on any atom is 0.306 e. The smallest absolute Gasteiger partial charge is 0.306 e. The second-order valence-electron chi connectivity index (χ2n) is 7.58. The molecule has 1 aliphatic heterocycles. The Labute approximate surface area is 173 Å². The number of carbonyl (C=O) groups excluding carboxylic acids is 1. The van der Waals surface area contributed by atoms with E-state index in [9.17, 15) is 19.1 Å². The zero-order chi connectivity index (χ0) is 21.1. The molecule has 8 nitrogen and oxygen atoms in total. The van der Waals surface area contributed by atoms with Gasteiger partial charge in [0.15, 0.2) is 5.82 Å². The van der Waals surface area contributed by atoms with Crippen LogP contribution >= 0.6 is 0 Å². The van der Waals surface area contributed by atoms with Crippen LogP contribution in [0.4, 0.5) is 16.0 Å². The second kappa shape index (κ2) is 8.74. The summed E-state index contributed by atoms with van der Waals surface area (Å²) in [6.07, 6.45) is 3.87. The molecule has 0 radical (unpaired) electrons. The van der Waals surface area contributed by atoms with Gasteiger partial charge in [-0.3, -0.25) is 9.59 Å². The highest BCUT2D eigenvalue weighted by Gasteiger charge is 2.27. The number of aromatic nitrogens is 2. The van der Waals surface area contributed by atoms with Crippen molar-refractivity contribution in [2.75, 3.05) is 30.0 Å². The maximum absolute atomic E-state index is 14.5. The topological polar surface area (TPSA) is 105 Å². The quantitative estimate of drug-likeness (QED) is 0.775. The van der Waals surface area contributed by atoms with Crippen molar-refractivity contribution < 1.29 is 23.8 Å². The summed E-state index contributed by atoms with van der Waals surface area (Å²) in [5.74, 6) is -1.64. The summed E-state index contributed by atoms with van der Waals surface area (Å²) < 4.78 is 19.7. The van der Waals surface area contributed by atoms with Crippen LogP contribution in [0, 0.1) is 11.7 Å². The van der Waals surface area contributed by atoms with Gasteiger partial charge >= 0.3 is 5.97 Å². The van der Waals surface area contributed by atoms with Crippen molar-refractivity contribution in [2.24, 2.45) is 5.92 Å². The monoisotopic (exact) mass is 414 g/mol. The van der Waals surface area contributed by atoms with Gasteiger partial charge in [-0.2, -0.15) is 0 Å². The predicted octanol–water partition coefficient (Wildman–Crippen LogP) is 2.70. The Morgan fingerprint density at radius 3 is 3.00 bits per heavy atom. The number of ether oxygens (including phenoxy) is 1. The average molecular weight is 414 g/mol. The Morgan fingerprint density at radius 1 is 1.33 bits per heavy atom. The molecule has 0 bridgehead atoms. The number of aliphatic carboxylic acids is 1. The Bertz CT molecular complexity index is 954. The number of nitrogens with one attached hydrogen (secondary N) is 1. The Balaban J connectivity index is 1.56. The third-order valence-electron chi connectivity index (χ3n) is 5.52. The van der Waals surface area contributed by atoms with Crippen LogP contribution in [0.15, 0.2) is 30.5 Å². The summed E-state index contributed by atoms with van der Waals surface area (Å²) in [4.78, 5) is 33.4. The van der Waals surface area contributed by atoms with Gasteiger partial charge in [0.2, 0.25) is 5.95 Å². The highest BCUT2D eigenvalue weighted by molar-refractivity contribution is 5.95. The normalized spacial score (nSPS) is 22.0. The summed E-state index contributed by atoms with van der Waals surface area (Å²) >= 11 is 0. The van der Waals surface area contributed by atoms with Crippen LogP contribution in [0.3, 0.4) is 0 Å². The fourth-order valence-electron chi connectivity index (χ4n) is 3.98. The summed E-state index contributed by atoms with van der Waals surface area (Å²) in [6, 6.07) is 6.92. The number of carbonyl (C=O) groups is 2. The molecule has 2 fully saturated rings. The van der Waals surface area contributed by atoms with Crippen LogP contribution in [-0.2, 0) is 14.3 Å². The third kappa shape index (κ3) is 4.40. The van der Waals surface area contributed by atoms with Crippen molar-refractivity contribution >= 4 is 23.5 Å². The van der Waals surface area contributed by atoms with Gasteiger partial charge in [0.1, 0.15) is 12.3 Å². The van der Waals surface area contributed by atoms with Gasteiger partial charge in [-0.1, -0.05) is 18.6 Å². The minimum Gasteiger partial charge on any atom is -0.481 e. The van der Waals surface area contributed by atoms with Crippen LogP contribution in [0.5, 0.6) is 0 Å². The van der Waals surface area contributed by atoms with E-state index < -0.39 is 11.8 Å². The first-order chi connectivity index (χ1) is 14.5. The van der Waals surface area contributed by atoms with Crippen LogP contribution in [0.2, 0.25) is 0 Å². The minimum atomic E-state index is -0.795. The molecule has 1 aromatic heterocycles. The molecule has 1 aromatic carbocycles. The first-order valence-corrected chi connectivity index (χ1v) is 10.0. The Kier molecular flexibility index (Phi) is 5.89. The van der Waals surface area contributed by atoms with Gasteiger partial charge in [0.05, 0.1) is 18.7 Å². The number of halogens is 1. The van der Waals surface area contributed by atoms with E-state index in [1.807, 2.05) is 0 Å². The van der Waals surface area contributed by atoms with Gasteiger partial charge in [-0.05, 0) is 31.4 Å². The van der Waals surface area contributed by atoms with E-state index in [0.717, 1.165) is 19.0 Å². The van der Waals surface area contributed by atoms with Crippen LogP contribution < -0.4 is 10.2 Å². The van der Waals surface area contributed by atoms with Crippen molar-refractivity contribution in [1.82, 2.24) is 9.97 Å². The molecule has 9 heteroatoms. The van der Waals surface area contributed by atoms with Crippen molar-refractivity contribution in [2.45, 2.75) is 31.7 Å². The number of hydrogen-bond acceptors (Lipinski definition) is 6. The van der Waals surface area contributed by atoms with Gasteiger partial charge in [0, 0.05) is 23.8 Å². The predicted molar refractivity (Wildman–Crippen MR) is 108 cm³/mol. The van der Waals surface area contributed by atoms with Crippen LogP contribution in [0.1, 0.15) is 25.7 Å². The Hall–Kier alpha value is -3.07. The Morgan fingerprint density at radius 2 is 2.20 bits per heavy atom. The number of rotatable bonds is 5. The molecule has 2 atom stereocenters. The molecule has 1 amide bonds. The van der Waals surface area contributed by atoms with E-state index in [0.29, 0.717) is 37.2 Å². The SMILES string of the molecule is O=C(O)[C@H]1CCC[C@@H](Nc2ncc(F)c(-c3cccc(N4CCOCC4=O)c3)n2)C1. The molecule has 4 rings (SSSR count). The fraction of sp³-hybridized carbons (Fsp3) is 0.429. The lowest BCUT2D eigenvalue weighted by atomic mass is 9.86. The van der Waals surface area contributed by atoms with Crippen molar-refractivity contribution in [3.63, 3.8) is 0 Å². The highest BCUT2D eigenvalue weighted by Crippen LogP contribution is 2.29. The number of anilines is 2. The summed E-state index contributed by atoms with van der Waals surface area (Å²) in [5, 5.41) is 12.4. The molecule has 0 spiro atoms. The number of hydrogen-bond donors (Lipinski definition) is 2. The number of benzene rings is 1. The zero-order valence-electron chi connectivity index (χ0n) is 16.4. The number of morpholine rings is 1. The fourth-order valence-corrected chi connectivity index (χ4v) is 3.98. The van der Waals surface area contributed by atoms with Gasteiger partial charge in [0.25, 0.3) is 5.91 Å². The first-order valence-electron chi connectivity index (χ1n) is 10.0. The van der Waals surface area contributed by atoms with Gasteiger partial charge < -0.3 is 20.1 Å². The molecule has 1 saturated heterocycles. The second-order valence-corrected chi connectivity index (χ2v) is 7.58. The largest absolute Gasteiger partial charge is 0.481 e. The standard InChI is InChI=1S/C21H23FN4O4/c22-17-11-23-21(24-15-5-1-4-14(9-15)20(28)29)25-19(17)13-3-2-6-16(10-13)26-7-8-30-12-18(26)27/h2-3,6,10-11,14-15H,1,4-5,7-9,12H2,(H,28,29)(H,23,24,25)/t14-,15+/m0/s1. The van der Waals surface area contributed by atoms with Gasteiger partial charge in [-0.25, -0.2) is 14.4 Å². The van der Waals surface area contributed by atoms with E-state index >= 15 is 0 Å². The minimum absolute atomic E-state index is 0.0267. The molecule has 0 unspecified atom stereocenters. The molecular weight excluding hydrogens is 391 g/mol. The summed E-state index contributed by atoms with van der Waals surface area (Å²) in [6.45, 7) is 0.914. The number of carboxylic acids is 1. The first kappa shape index (κ1) is 20.2. The van der Waals surface area contributed by atoms with E-state index in [1.165, 1.54) is 0 Å². The van der Waals surface area contributed by atoms with Crippen molar-refractivity contribution in [3.05, 3.63) is 36.3 Å². The van der Waals surface area contributed by atoms with E-state index in [2.05, 4.69) is 15.3 Å². The molecule has 2 N–H and O–H groups in total. The summed E-state index contributed by atoms with van der Waals surface area (Å²) in [5.41, 5.74) is 1.31. The molecule has 2 aliphatic rings. The van der Waals surface area contributed by atoms with Crippen LogP contribution in [-0.4, -0.2) is 52.8 Å². The molecule has 158 valence electrons. The van der Waals surface area contributed by atoms with E-state index in [1.54, 1.807) is 29.2 Å². The highest BCUT2D eigenvalue weighted by atomic mass is 19.1. The lowest BCUT2D eigenvalue weighted by Gasteiger charge is -2.27. The molecule has 30 heavy (non-hydrogen) atoms. The average Bonchev–Trinajstić information content (AvgIpc) is 2.76. The lowest BCUT2D eigenvalue weighted by Crippen LogP contribution is -2.41. The lowest BCUT2D eigenvalue weighted by molar-refractivity contribution is -0.142. The molecule has 2 heterocycles. The van der Waals surface area contributed by atoms with Crippen molar-refractivity contribution in [1.29, 1.82) is 0 Å². The van der Waals surface area contributed by atoms with Crippen LogP contribution in [0.25, 0.3) is 11.3 Å². The zero-order valence-corrected chi connectivity index (χ0v) is 16.4. The molecular formula is C21H23FN4O4. The third-order valence-corrected chi connectivity index (χ3v) is 5.52. The number of nitrogens with zero attached hydrogens (tertiary/aromatic N) is 3. The number of amides is 1. The van der Waals surface area contributed by atoms with Gasteiger partial charge in [-0.15, -0.1) is 0 Å². The van der Waals surface area contributed by atoms with Crippen molar-refractivity contribution in [3.8, 4) is 11.3 Å².